The van der Waals surface area contributed by atoms with Crippen LogP contribution in [0.15, 0.2) is 104 Å². The number of sulfonamides is 1. The summed E-state index contributed by atoms with van der Waals surface area (Å²) in [6.45, 7) is 10.0. The predicted octanol–water partition coefficient (Wildman–Crippen LogP) is 8.81. The zero-order chi connectivity index (χ0) is 39.3. The van der Waals surface area contributed by atoms with Gasteiger partial charge < -0.3 is 24.9 Å². The third-order valence-electron chi connectivity index (χ3n) is 10.9. The average molecular weight is 767 g/mol. The maximum absolute atomic E-state index is 13.9. The molecule has 1 aliphatic heterocycles. The van der Waals surface area contributed by atoms with Crippen molar-refractivity contribution in [2.24, 2.45) is 20.5 Å². The molecule has 1 heterocycles. The highest BCUT2D eigenvalue weighted by Crippen LogP contribution is 2.47. The molecule has 1 atom stereocenters. The van der Waals surface area contributed by atoms with E-state index in [2.05, 4.69) is 84.1 Å². The van der Waals surface area contributed by atoms with Crippen molar-refractivity contribution in [1.29, 1.82) is 0 Å². The minimum Gasteiger partial charge on any atom is -0.395 e. The summed E-state index contributed by atoms with van der Waals surface area (Å²) in [7, 11) is 0.308. The first kappa shape index (κ1) is 40.0. The number of benzene rings is 4. The molecule has 2 N–H and O–H groups in total. The van der Waals surface area contributed by atoms with Crippen LogP contribution in [-0.4, -0.2) is 82.1 Å². The zero-order valence-corrected chi connectivity index (χ0v) is 33.7. The summed E-state index contributed by atoms with van der Waals surface area (Å²) in [5, 5.41) is 40.3. The summed E-state index contributed by atoms with van der Waals surface area (Å²) in [4.78, 5) is 6.81. The second kappa shape index (κ2) is 17.0. The summed E-state index contributed by atoms with van der Waals surface area (Å²) in [6.07, 6.45) is 4.91. The second-order valence-corrected chi connectivity index (χ2v) is 16.6. The molecule has 12 nitrogen and oxygen atoms in total. The van der Waals surface area contributed by atoms with Gasteiger partial charge in [0.05, 0.1) is 35.2 Å². The molecule has 292 valence electrons. The largest absolute Gasteiger partial charge is 0.395 e. The van der Waals surface area contributed by atoms with Crippen LogP contribution in [0.2, 0.25) is 0 Å². The molecule has 1 aliphatic carbocycles. The van der Waals surface area contributed by atoms with E-state index in [1.807, 2.05) is 49.4 Å². The van der Waals surface area contributed by atoms with E-state index < -0.39 is 10.0 Å². The maximum Gasteiger partial charge on any atom is 0.243 e. The van der Waals surface area contributed by atoms with Gasteiger partial charge in [-0.25, -0.2) is 8.42 Å². The number of fused-ring (bicyclic) bond motifs is 1. The molecular weight excluding hydrogens is 713 g/mol. The minimum absolute atomic E-state index is 0.0141. The van der Waals surface area contributed by atoms with E-state index in [-0.39, 0.29) is 36.4 Å². The molecule has 4 aromatic carbocycles. The number of unbranched alkanes of at least 4 members (excludes halogenated alkanes) is 1. The van der Waals surface area contributed by atoms with Gasteiger partial charge in [-0.3, -0.25) is 0 Å². The molecule has 0 saturated heterocycles. The quantitative estimate of drug-likeness (QED) is 0.109. The van der Waals surface area contributed by atoms with Gasteiger partial charge in [-0.05, 0) is 93.3 Å². The molecular formula is C42H54N8O4S. The van der Waals surface area contributed by atoms with Crippen molar-refractivity contribution in [3.63, 3.8) is 0 Å². The highest BCUT2D eigenvalue weighted by Gasteiger charge is 2.36. The van der Waals surface area contributed by atoms with Crippen molar-refractivity contribution in [2.45, 2.75) is 70.0 Å². The molecule has 13 heteroatoms. The van der Waals surface area contributed by atoms with Crippen LogP contribution in [0.4, 0.5) is 28.4 Å². The van der Waals surface area contributed by atoms with Crippen molar-refractivity contribution in [3.8, 4) is 0 Å². The third kappa shape index (κ3) is 8.02. The molecule has 2 aliphatic rings. The standard InChI is InChI=1S/C42H54N8O4S/c1-7-9-24-50(26-28-52)55(53,54)32-17-18-33-35(29-32)38(44-43-30-13-15-31(16-14-30)49(23-8-2)25-27-51)20-19-36(33)45-46-37-21-22-40-41-34(37)11-10-12-39(41)47(5)42(3,4)48(40)6/h10-18,20-22,29,36,51-52H,7-9,19,23-28H2,1-6H3. The van der Waals surface area contributed by atoms with Crippen LogP contribution in [0, 0.1) is 0 Å². The van der Waals surface area contributed by atoms with Crippen molar-refractivity contribution in [3.05, 3.63) is 90.0 Å². The van der Waals surface area contributed by atoms with Crippen LogP contribution in [0.5, 0.6) is 0 Å². The Labute approximate surface area is 325 Å². The lowest BCUT2D eigenvalue weighted by Crippen LogP contribution is -2.56. The Balaban J connectivity index is 1.37. The number of anilines is 3. The van der Waals surface area contributed by atoms with Crippen LogP contribution < -0.4 is 14.7 Å². The van der Waals surface area contributed by atoms with Gasteiger partial charge in [0.25, 0.3) is 0 Å². The molecule has 55 heavy (non-hydrogen) atoms. The van der Waals surface area contributed by atoms with E-state index in [0.717, 1.165) is 58.5 Å². The summed E-state index contributed by atoms with van der Waals surface area (Å²) in [5.74, 6) is 0. The van der Waals surface area contributed by atoms with E-state index in [4.69, 9.17) is 10.2 Å². The van der Waals surface area contributed by atoms with Gasteiger partial charge >= 0.3 is 0 Å². The smallest absolute Gasteiger partial charge is 0.243 e. The minimum atomic E-state index is -3.91. The molecule has 0 radical (unpaired) electrons. The van der Waals surface area contributed by atoms with Gasteiger partial charge in [-0.15, -0.1) is 0 Å². The van der Waals surface area contributed by atoms with Crippen LogP contribution >= 0.6 is 0 Å². The van der Waals surface area contributed by atoms with Gasteiger partial charge in [0.1, 0.15) is 11.7 Å². The van der Waals surface area contributed by atoms with E-state index in [9.17, 15) is 18.6 Å². The Bertz CT molecular complexity index is 2160. The number of azo groups is 2. The number of aliphatic hydroxyl groups excluding tert-OH is 2. The van der Waals surface area contributed by atoms with Gasteiger partial charge in [-0.1, -0.05) is 44.5 Å². The molecule has 0 amide bonds. The number of hydrogen-bond acceptors (Lipinski definition) is 11. The van der Waals surface area contributed by atoms with Gasteiger partial charge in [0.2, 0.25) is 10.0 Å². The molecule has 0 fully saturated rings. The van der Waals surface area contributed by atoms with E-state index in [1.54, 1.807) is 12.1 Å². The molecule has 1 unspecified atom stereocenters. The van der Waals surface area contributed by atoms with Crippen LogP contribution in [0.3, 0.4) is 0 Å². The summed E-state index contributed by atoms with van der Waals surface area (Å²) in [6, 6.07) is 22.8. The average Bonchev–Trinajstić information content (AvgIpc) is 3.19. The third-order valence-corrected chi connectivity index (χ3v) is 12.8. The van der Waals surface area contributed by atoms with Crippen molar-refractivity contribution < 1.29 is 18.6 Å². The summed E-state index contributed by atoms with van der Waals surface area (Å²) >= 11 is 0. The Morgan fingerprint density at radius 1 is 0.818 bits per heavy atom. The van der Waals surface area contributed by atoms with Gasteiger partial charge in [-0.2, -0.15) is 24.8 Å². The van der Waals surface area contributed by atoms with Crippen molar-refractivity contribution in [2.75, 3.05) is 68.2 Å². The Morgan fingerprint density at radius 2 is 1.55 bits per heavy atom. The van der Waals surface area contributed by atoms with Gasteiger partial charge in [0.15, 0.2) is 0 Å². The highest BCUT2D eigenvalue weighted by molar-refractivity contribution is 7.89. The van der Waals surface area contributed by atoms with Crippen LogP contribution in [0.25, 0.3) is 16.5 Å². The van der Waals surface area contributed by atoms with Crippen molar-refractivity contribution in [1.82, 2.24) is 4.31 Å². The molecule has 0 spiro atoms. The van der Waals surface area contributed by atoms with Crippen molar-refractivity contribution >= 4 is 54.9 Å². The Hall–Kier alpha value is -4.69. The lowest BCUT2D eigenvalue weighted by atomic mass is 9.91. The predicted molar refractivity (Wildman–Crippen MR) is 222 cm³/mol. The second-order valence-electron chi connectivity index (χ2n) is 14.6. The van der Waals surface area contributed by atoms with E-state index in [0.29, 0.717) is 42.9 Å². The van der Waals surface area contributed by atoms with Crippen LogP contribution in [0.1, 0.15) is 70.5 Å². The fraction of sp³-hybridized carbons (Fsp3) is 0.429. The summed E-state index contributed by atoms with van der Waals surface area (Å²) in [5.41, 5.74) is 6.43. The Morgan fingerprint density at radius 3 is 2.24 bits per heavy atom. The molecule has 0 bridgehead atoms. The first-order chi connectivity index (χ1) is 26.5. The molecule has 4 aromatic rings. The molecule has 0 aromatic heterocycles. The number of hydrogen-bond donors (Lipinski definition) is 2. The number of aliphatic hydroxyl groups is 2. The van der Waals surface area contributed by atoms with E-state index in [1.165, 1.54) is 4.31 Å². The summed E-state index contributed by atoms with van der Waals surface area (Å²) < 4.78 is 29.2. The van der Waals surface area contributed by atoms with E-state index >= 15 is 0 Å². The monoisotopic (exact) mass is 766 g/mol. The molecule has 6 rings (SSSR count). The van der Waals surface area contributed by atoms with Crippen LogP contribution in [-0.2, 0) is 10.0 Å². The number of nitrogens with zero attached hydrogens (tertiary/aromatic N) is 8. The first-order valence-electron chi connectivity index (χ1n) is 19.2. The fourth-order valence-corrected chi connectivity index (χ4v) is 8.86. The normalized spacial score (nSPS) is 16.7. The zero-order valence-electron chi connectivity index (χ0n) is 32.9. The fourth-order valence-electron chi connectivity index (χ4n) is 7.37. The van der Waals surface area contributed by atoms with Gasteiger partial charge in [0, 0.05) is 73.7 Å². The number of rotatable bonds is 16. The highest BCUT2D eigenvalue weighted by atomic mass is 32.2. The maximum atomic E-state index is 13.9. The topological polar surface area (TPSA) is 137 Å². The SMILES string of the molecule is CCCCN(CCO)S(=O)(=O)c1ccc2c(c1)C(N=Nc1ccc(N(CCC)CCO)cc1)=CCC2N=Nc1ccc2c3c(cccc13)N(C)C(C)(C)N2C. The Kier molecular flexibility index (Phi) is 12.3. The lowest BCUT2D eigenvalue weighted by Gasteiger charge is -2.49. The lowest BCUT2D eigenvalue weighted by molar-refractivity contribution is 0.252. The molecule has 0 saturated carbocycles. The first-order valence-corrected chi connectivity index (χ1v) is 20.7.